The smallest absolute Gasteiger partial charge is 0.234 e. The van der Waals surface area contributed by atoms with E-state index in [1.807, 2.05) is 6.92 Å². The highest BCUT2D eigenvalue weighted by Gasteiger charge is 2.16. The van der Waals surface area contributed by atoms with Crippen LogP contribution in [-0.2, 0) is 4.79 Å². The Morgan fingerprint density at radius 1 is 1.32 bits per heavy atom. The van der Waals surface area contributed by atoms with E-state index in [0.29, 0.717) is 22.4 Å². The van der Waals surface area contributed by atoms with E-state index in [9.17, 15) is 4.79 Å². The molecule has 0 saturated heterocycles. The highest BCUT2D eigenvalue weighted by Crippen LogP contribution is 2.25. The second-order valence-corrected chi connectivity index (χ2v) is 6.07. The molecule has 0 spiro atoms. The van der Waals surface area contributed by atoms with Crippen molar-refractivity contribution in [2.75, 3.05) is 24.0 Å². The van der Waals surface area contributed by atoms with Crippen LogP contribution in [0, 0.1) is 6.92 Å². The number of anilines is 1. The number of rotatable bonds is 6. The highest BCUT2D eigenvalue weighted by atomic mass is 32.2. The molecule has 2 heterocycles. The number of nitrogens with one attached hydrogen (secondary N) is 1. The Labute approximate surface area is 148 Å². The lowest BCUT2D eigenvalue weighted by Crippen LogP contribution is -2.16. The number of benzene rings is 1. The second kappa shape index (κ2) is 7.31. The zero-order valence-corrected chi connectivity index (χ0v) is 14.5. The van der Waals surface area contributed by atoms with Gasteiger partial charge < -0.3 is 20.3 Å². The topological polar surface area (TPSA) is 108 Å². The van der Waals surface area contributed by atoms with Crippen molar-refractivity contribution in [1.82, 2.24) is 14.9 Å². The first-order valence-corrected chi connectivity index (χ1v) is 8.38. The van der Waals surface area contributed by atoms with Crippen LogP contribution in [0.5, 0.6) is 5.75 Å². The molecule has 0 unspecified atom stereocenters. The molecule has 0 aliphatic carbocycles. The number of nitrogens with zero attached hydrogens (tertiary/aromatic N) is 3. The van der Waals surface area contributed by atoms with Crippen LogP contribution >= 0.6 is 11.8 Å². The lowest BCUT2D eigenvalue weighted by Gasteiger charge is -2.06. The Bertz CT molecular complexity index is 872. The average Bonchev–Trinajstić information content (AvgIpc) is 3.19. The van der Waals surface area contributed by atoms with Crippen molar-refractivity contribution >= 4 is 23.4 Å². The molecule has 3 N–H and O–H groups in total. The molecule has 3 rings (SSSR count). The Morgan fingerprint density at radius 2 is 2.08 bits per heavy atom. The fourth-order valence-electron chi connectivity index (χ4n) is 2.18. The van der Waals surface area contributed by atoms with Crippen LogP contribution in [0.25, 0.3) is 11.4 Å². The Morgan fingerprint density at radius 3 is 2.72 bits per heavy atom. The minimum absolute atomic E-state index is 0.158. The predicted molar refractivity (Wildman–Crippen MR) is 95.0 cm³/mol. The number of nitrogens with two attached hydrogens (primary N) is 1. The van der Waals surface area contributed by atoms with E-state index in [-0.39, 0.29) is 11.7 Å². The number of amides is 1. The number of furan rings is 1. The maximum absolute atomic E-state index is 12.1. The van der Waals surface area contributed by atoms with Crippen LogP contribution in [0.4, 0.5) is 5.69 Å². The van der Waals surface area contributed by atoms with Gasteiger partial charge in [0.1, 0.15) is 11.5 Å². The maximum Gasteiger partial charge on any atom is 0.234 e. The number of ether oxygens (including phenoxy) is 1. The molecule has 9 heteroatoms. The van der Waals surface area contributed by atoms with Gasteiger partial charge in [-0.25, -0.2) is 4.68 Å². The normalized spacial score (nSPS) is 10.6. The first-order valence-electron chi connectivity index (χ1n) is 7.40. The van der Waals surface area contributed by atoms with Crippen LogP contribution in [-0.4, -0.2) is 33.6 Å². The Balaban J connectivity index is 1.60. The summed E-state index contributed by atoms with van der Waals surface area (Å²) in [6, 6.07) is 8.87. The van der Waals surface area contributed by atoms with Gasteiger partial charge in [-0.05, 0) is 37.3 Å². The zero-order chi connectivity index (χ0) is 17.8. The van der Waals surface area contributed by atoms with Gasteiger partial charge in [0.2, 0.25) is 11.1 Å². The van der Waals surface area contributed by atoms with E-state index in [0.717, 1.165) is 11.3 Å². The molecule has 0 aliphatic rings. The molecule has 25 heavy (non-hydrogen) atoms. The third-order valence-corrected chi connectivity index (χ3v) is 4.41. The molecule has 0 fully saturated rings. The van der Waals surface area contributed by atoms with E-state index >= 15 is 0 Å². The number of hydrogen-bond acceptors (Lipinski definition) is 7. The lowest BCUT2D eigenvalue weighted by molar-refractivity contribution is -0.113. The van der Waals surface area contributed by atoms with E-state index in [1.165, 1.54) is 16.4 Å². The van der Waals surface area contributed by atoms with Crippen LogP contribution in [0.15, 0.2) is 46.2 Å². The number of aryl methyl sites for hydroxylation is 1. The van der Waals surface area contributed by atoms with E-state index in [4.69, 9.17) is 15.0 Å². The molecule has 2 aromatic heterocycles. The third kappa shape index (κ3) is 3.77. The number of carbonyl (C=O) groups is 1. The first kappa shape index (κ1) is 16.9. The van der Waals surface area contributed by atoms with Crippen molar-refractivity contribution < 1.29 is 13.9 Å². The van der Waals surface area contributed by atoms with Gasteiger partial charge in [0.25, 0.3) is 0 Å². The maximum atomic E-state index is 12.1. The second-order valence-electron chi connectivity index (χ2n) is 5.13. The molecule has 0 aliphatic heterocycles. The highest BCUT2D eigenvalue weighted by molar-refractivity contribution is 7.99. The predicted octanol–water partition coefficient (Wildman–Crippen LogP) is 2.30. The van der Waals surface area contributed by atoms with Crippen molar-refractivity contribution in [3.05, 3.63) is 42.4 Å². The summed E-state index contributed by atoms with van der Waals surface area (Å²) in [7, 11) is 1.59. The number of hydrogen-bond donors (Lipinski definition) is 2. The first-order chi connectivity index (χ1) is 12.1. The standard InChI is InChI=1S/C16H17N5O3S/c1-10-13(7-8-24-10)15-19-20-16(21(15)17)25-9-14(22)18-11-3-5-12(23-2)6-4-11/h3-8H,9,17H2,1-2H3,(H,18,22). The van der Waals surface area contributed by atoms with Crippen LogP contribution in [0.2, 0.25) is 0 Å². The van der Waals surface area contributed by atoms with Gasteiger partial charge in [-0.3, -0.25) is 4.79 Å². The van der Waals surface area contributed by atoms with Gasteiger partial charge in [-0.2, -0.15) is 0 Å². The number of methoxy groups -OCH3 is 1. The lowest BCUT2D eigenvalue weighted by atomic mass is 10.2. The summed E-state index contributed by atoms with van der Waals surface area (Å²) in [6.45, 7) is 1.82. The minimum atomic E-state index is -0.167. The van der Waals surface area contributed by atoms with Crippen LogP contribution < -0.4 is 15.9 Å². The summed E-state index contributed by atoms with van der Waals surface area (Å²) < 4.78 is 11.7. The van der Waals surface area contributed by atoms with Crippen molar-refractivity contribution in [3.63, 3.8) is 0 Å². The van der Waals surface area contributed by atoms with Crippen molar-refractivity contribution in [1.29, 1.82) is 0 Å². The minimum Gasteiger partial charge on any atom is -0.497 e. The number of carbonyl (C=O) groups excluding carboxylic acids is 1. The molecule has 0 bridgehead atoms. The molecular formula is C16H17N5O3S. The van der Waals surface area contributed by atoms with Crippen molar-refractivity contribution in [2.45, 2.75) is 12.1 Å². The fourth-order valence-corrected chi connectivity index (χ4v) is 2.83. The molecule has 130 valence electrons. The van der Waals surface area contributed by atoms with Crippen molar-refractivity contribution in [3.8, 4) is 17.1 Å². The molecule has 0 radical (unpaired) electrons. The molecule has 0 atom stereocenters. The summed E-state index contributed by atoms with van der Waals surface area (Å²) >= 11 is 1.20. The Kier molecular flexibility index (Phi) is 4.94. The van der Waals surface area contributed by atoms with Gasteiger partial charge in [0, 0.05) is 5.69 Å². The largest absolute Gasteiger partial charge is 0.497 e. The summed E-state index contributed by atoms with van der Waals surface area (Å²) in [4.78, 5) is 12.1. The van der Waals surface area contributed by atoms with E-state index < -0.39 is 0 Å². The SMILES string of the molecule is COc1ccc(NC(=O)CSc2nnc(-c3ccoc3C)n2N)cc1. The summed E-state index contributed by atoms with van der Waals surface area (Å²) in [6.07, 6.45) is 1.56. The summed E-state index contributed by atoms with van der Waals surface area (Å²) in [5.74, 6) is 7.93. The average molecular weight is 359 g/mol. The number of nitrogen functional groups attached to an aromatic ring is 1. The van der Waals surface area contributed by atoms with Crippen LogP contribution in [0.1, 0.15) is 5.76 Å². The van der Waals surface area contributed by atoms with Gasteiger partial charge in [-0.1, -0.05) is 11.8 Å². The number of aromatic nitrogens is 3. The molecule has 8 nitrogen and oxygen atoms in total. The fraction of sp³-hybridized carbons (Fsp3) is 0.188. The molecular weight excluding hydrogens is 342 g/mol. The van der Waals surface area contributed by atoms with Gasteiger partial charge in [0.15, 0.2) is 5.82 Å². The molecule has 3 aromatic rings. The summed E-state index contributed by atoms with van der Waals surface area (Å²) in [5.41, 5.74) is 1.46. The van der Waals surface area contributed by atoms with E-state index in [1.54, 1.807) is 43.7 Å². The number of thioether (sulfide) groups is 1. The van der Waals surface area contributed by atoms with Gasteiger partial charge >= 0.3 is 0 Å². The van der Waals surface area contributed by atoms with Crippen molar-refractivity contribution in [2.24, 2.45) is 0 Å². The van der Waals surface area contributed by atoms with Crippen LogP contribution in [0.3, 0.4) is 0 Å². The molecule has 0 saturated carbocycles. The molecule has 1 aromatic carbocycles. The summed E-state index contributed by atoms with van der Waals surface area (Å²) in [5, 5.41) is 11.3. The quantitative estimate of drug-likeness (QED) is 0.513. The van der Waals surface area contributed by atoms with Gasteiger partial charge in [0.05, 0.1) is 24.7 Å². The van der Waals surface area contributed by atoms with Gasteiger partial charge in [-0.15, -0.1) is 10.2 Å². The zero-order valence-electron chi connectivity index (χ0n) is 13.7. The third-order valence-electron chi connectivity index (χ3n) is 3.47. The monoisotopic (exact) mass is 359 g/mol. The molecule has 1 amide bonds. The van der Waals surface area contributed by atoms with E-state index in [2.05, 4.69) is 15.5 Å². The Hall–Kier alpha value is -2.94.